The summed E-state index contributed by atoms with van der Waals surface area (Å²) in [6.45, 7) is 1.55. The first-order chi connectivity index (χ1) is 9.10. The first kappa shape index (κ1) is 14.3. The van der Waals surface area contributed by atoms with Crippen LogP contribution in [0.3, 0.4) is 0 Å². The van der Waals surface area contributed by atoms with E-state index in [0.29, 0.717) is 6.04 Å². The summed E-state index contributed by atoms with van der Waals surface area (Å²) in [5.41, 5.74) is 1.10. The molecule has 0 heterocycles. The van der Waals surface area contributed by atoms with E-state index in [9.17, 15) is 8.78 Å². The number of nitrogens with one attached hydrogen (secondary N) is 1. The average molecular weight is 269 g/mol. The minimum Gasteiger partial charge on any atom is -0.435 e. The maximum atomic E-state index is 12.0. The van der Waals surface area contributed by atoms with E-state index in [1.807, 2.05) is 12.1 Å². The number of benzene rings is 1. The monoisotopic (exact) mass is 269 g/mol. The highest BCUT2D eigenvalue weighted by atomic mass is 19.3. The number of alkyl halides is 2. The first-order valence-corrected chi connectivity index (χ1v) is 6.91. The van der Waals surface area contributed by atoms with Crippen LogP contribution in [0.25, 0.3) is 0 Å². The molecular formula is C15H21F2NO. The lowest BCUT2D eigenvalue weighted by Crippen LogP contribution is -2.22. The SMILES string of the molecule is CCCC1CC1NC(C)c1ccc(OC(F)F)cc1. The van der Waals surface area contributed by atoms with Crippen molar-refractivity contribution in [1.82, 2.24) is 5.32 Å². The summed E-state index contributed by atoms with van der Waals surface area (Å²) < 4.78 is 28.4. The van der Waals surface area contributed by atoms with Gasteiger partial charge < -0.3 is 10.1 Å². The van der Waals surface area contributed by atoms with Gasteiger partial charge in [0, 0.05) is 12.1 Å². The summed E-state index contributed by atoms with van der Waals surface area (Å²) in [7, 11) is 0. The molecule has 1 aromatic rings. The smallest absolute Gasteiger partial charge is 0.387 e. The van der Waals surface area contributed by atoms with Crippen molar-refractivity contribution >= 4 is 0 Å². The van der Waals surface area contributed by atoms with Crippen LogP contribution >= 0.6 is 0 Å². The number of hydrogen-bond acceptors (Lipinski definition) is 2. The quantitative estimate of drug-likeness (QED) is 0.803. The third kappa shape index (κ3) is 4.16. The van der Waals surface area contributed by atoms with Crippen LogP contribution in [0.2, 0.25) is 0 Å². The summed E-state index contributed by atoms with van der Waals surface area (Å²) >= 11 is 0. The molecule has 0 bridgehead atoms. The molecular weight excluding hydrogens is 248 g/mol. The molecule has 19 heavy (non-hydrogen) atoms. The number of halogens is 2. The van der Waals surface area contributed by atoms with Gasteiger partial charge in [-0.05, 0) is 43.4 Å². The minimum absolute atomic E-state index is 0.209. The fraction of sp³-hybridized carbons (Fsp3) is 0.600. The maximum Gasteiger partial charge on any atom is 0.387 e. The van der Waals surface area contributed by atoms with Crippen LogP contribution < -0.4 is 10.1 Å². The summed E-state index contributed by atoms with van der Waals surface area (Å²) in [6.07, 6.45) is 3.77. The summed E-state index contributed by atoms with van der Waals surface area (Å²) in [5.74, 6) is 1.02. The number of ether oxygens (including phenoxy) is 1. The zero-order valence-corrected chi connectivity index (χ0v) is 11.4. The molecule has 0 amide bonds. The van der Waals surface area contributed by atoms with Crippen molar-refractivity contribution in [2.45, 2.75) is 51.8 Å². The van der Waals surface area contributed by atoms with Gasteiger partial charge in [0.25, 0.3) is 0 Å². The van der Waals surface area contributed by atoms with Gasteiger partial charge in [-0.2, -0.15) is 8.78 Å². The zero-order chi connectivity index (χ0) is 13.8. The lowest BCUT2D eigenvalue weighted by atomic mass is 10.1. The molecule has 1 aliphatic rings. The van der Waals surface area contributed by atoms with Crippen LogP contribution in [0, 0.1) is 5.92 Å². The minimum atomic E-state index is -2.76. The molecule has 2 rings (SSSR count). The molecule has 1 fully saturated rings. The molecule has 2 nitrogen and oxygen atoms in total. The van der Waals surface area contributed by atoms with Crippen molar-refractivity contribution in [2.24, 2.45) is 5.92 Å². The Morgan fingerprint density at radius 2 is 2.00 bits per heavy atom. The van der Waals surface area contributed by atoms with Gasteiger partial charge in [-0.3, -0.25) is 0 Å². The highest BCUT2D eigenvalue weighted by Gasteiger charge is 2.36. The molecule has 0 aromatic heterocycles. The van der Waals surface area contributed by atoms with Crippen LogP contribution in [0.1, 0.15) is 44.7 Å². The Labute approximate surface area is 113 Å². The Kier molecular flexibility index (Phi) is 4.75. The fourth-order valence-corrected chi connectivity index (χ4v) is 2.50. The average Bonchev–Trinajstić information content (AvgIpc) is 3.08. The molecule has 0 aliphatic heterocycles. The lowest BCUT2D eigenvalue weighted by molar-refractivity contribution is -0.0498. The van der Waals surface area contributed by atoms with Gasteiger partial charge in [-0.15, -0.1) is 0 Å². The Bertz CT molecular complexity index is 394. The van der Waals surface area contributed by atoms with Crippen molar-refractivity contribution < 1.29 is 13.5 Å². The molecule has 106 valence electrons. The van der Waals surface area contributed by atoms with E-state index in [1.165, 1.54) is 19.3 Å². The van der Waals surface area contributed by atoms with E-state index in [1.54, 1.807) is 12.1 Å². The topological polar surface area (TPSA) is 21.3 Å². The van der Waals surface area contributed by atoms with Gasteiger partial charge in [-0.1, -0.05) is 25.5 Å². The molecule has 1 N–H and O–H groups in total. The second-order valence-electron chi connectivity index (χ2n) is 5.23. The number of hydrogen-bond donors (Lipinski definition) is 1. The molecule has 0 saturated heterocycles. The van der Waals surface area contributed by atoms with Crippen LogP contribution in [-0.2, 0) is 0 Å². The second kappa shape index (κ2) is 6.33. The van der Waals surface area contributed by atoms with Gasteiger partial charge in [0.1, 0.15) is 5.75 Å². The molecule has 3 unspecified atom stereocenters. The third-order valence-electron chi connectivity index (χ3n) is 3.65. The molecule has 0 radical (unpaired) electrons. The van der Waals surface area contributed by atoms with Crippen LogP contribution in [0.4, 0.5) is 8.78 Å². The first-order valence-electron chi connectivity index (χ1n) is 6.91. The van der Waals surface area contributed by atoms with Crippen molar-refractivity contribution in [1.29, 1.82) is 0 Å². The van der Waals surface area contributed by atoms with E-state index < -0.39 is 6.61 Å². The molecule has 1 saturated carbocycles. The summed E-state index contributed by atoms with van der Waals surface area (Å²) in [5, 5.41) is 3.58. The van der Waals surface area contributed by atoms with E-state index in [4.69, 9.17) is 0 Å². The van der Waals surface area contributed by atoms with E-state index in [-0.39, 0.29) is 11.8 Å². The Hall–Kier alpha value is -1.16. The fourth-order valence-electron chi connectivity index (χ4n) is 2.50. The van der Waals surface area contributed by atoms with Gasteiger partial charge >= 0.3 is 6.61 Å². The van der Waals surface area contributed by atoms with Crippen LogP contribution in [-0.4, -0.2) is 12.7 Å². The molecule has 3 atom stereocenters. The largest absolute Gasteiger partial charge is 0.435 e. The highest BCUT2D eigenvalue weighted by Crippen LogP contribution is 2.36. The normalized spacial score (nSPS) is 23.4. The molecule has 0 spiro atoms. The Morgan fingerprint density at radius 3 is 2.58 bits per heavy atom. The Balaban J connectivity index is 1.84. The van der Waals surface area contributed by atoms with Crippen molar-refractivity contribution in [3.8, 4) is 5.75 Å². The zero-order valence-electron chi connectivity index (χ0n) is 11.4. The van der Waals surface area contributed by atoms with E-state index >= 15 is 0 Å². The van der Waals surface area contributed by atoms with Gasteiger partial charge in [-0.25, -0.2) is 0 Å². The maximum absolute atomic E-state index is 12.0. The van der Waals surface area contributed by atoms with Crippen molar-refractivity contribution in [3.63, 3.8) is 0 Å². The van der Waals surface area contributed by atoms with Crippen LogP contribution in [0.5, 0.6) is 5.75 Å². The molecule has 1 aromatic carbocycles. The predicted molar refractivity (Wildman–Crippen MR) is 71.4 cm³/mol. The van der Waals surface area contributed by atoms with Crippen molar-refractivity contribution in [2.75, 3.05) is 0 Å². The van der Waals surface area contributed by atoms with Gasteiger partial charge in [0.05, 0.1) is 0 Å². The Morgan fingerprint density at radius 1 is 1.32 bits per heavy atom. The molecule has 1 aliphatic carbocycles. The second-order valence-corrected chi connectivity index (χ2v) is 5.23. The lowest BCUT2D eigenvalue weighted by Gasteiger charge is -2.15. The molecule has 4 heteroatoms. The van der Waals surface area contributed by atoms with Gasteiger partial charge in [0.2, 0.25) is 0 Å². The van der Waals surface area contributed by atoms with E-state index in [0.717, 1.165) is 11.5 Å². The summed E-state index contributed by atoms with van der Waals surface area (Å²) in [6, 6.07) is 7.73. The third-order valence-corrected chi connectivity index (χ3v) is 3.65. The van der Waals surface area contributed by atoms with E-state index in [2.05, 4.69) is 23.9 Å². The highest BCUT2D eigenvalue weighted by molar-refractivity contribution is 5.29. The van der Waals surface area contributed by atoms with Crippen molar-refractivity contribution in [3.05, 3.63) is 29.8 Å². The standard InChI is InChI=1S/C15H21F2NO/c1-3-4-12-9-14(12)18-10(2)11-5-7-13(8-6-11)19-15(16)17/h5-8,10,12,14-15,18H,3-4,9H2,1-2H3. The van der Waals surface area contributed by atoms with Crippen LogP contribution in [0.15, 0.2) is 24.3 Å². The predicted octanol–water partition coefficient (Wildman–Crippen LogP) is 4.13. The summed E-state index contributed by atoms with van der Waals surface area (Å²) in [4.78, 5) is 0. The number of rotatable bonds is 7. The van der Waals surface area contributed by atoms with Gasteiger partial charge in [0.15, 0.2) is 0 Å².